The highest BCUT2D eigenvalue weighted by Crippen LogP contribution is 2.22. The van der Waals surface area contributed by atoms with Crippen molar-refractivity contribution < 1.29 is 19.1 Å². The standard InChI is InChI=1S/C15H13NO4/c1-9-3-4-11(7-16)6-13(9)19-8-12-5-10(2)14(20-12)15(17)18/h3-6H,8H2,1-2H3,(H,17,18). The van der Waals surface area contributed by atoms with E-state index in [2.05, 4.69) is 0 Å². The Kier molecular flexibility index (Phi) is 3.76. The summed E-state index contributed by atoms with van der Waals surface area (Å²) in [5.41, 5.74) is 1.96. The highest BCUT2D eigenvalue weighted by Gasteiger charge is 2.14. The minimum Gasteiger partial charge on any atom is -0.485 e. The number of carbonyl (C=O) groups is 1. The van der Waals surface area contributed by atoms with E-state index >= 15 is 0 Å². The van der Waals surface area contributed by atoms with Gasteiger partial charge in [0.05, 0.1) is 11.6 Å². The molecule has 0 saturated heterocycles. The summed E-state index contributed by atoms with van der Waals surface area (Å²) in [5, 5.41) is 17.8. The molecule has 20 heavy (non-hydrogen) atoms. The van der Waals surface area contributed by atoms with Crippen LogP contribution in [-0.4, -0.2) is 11.1 Å². The fraction of sp³-hybridized carbons (Fsp3) is 0.200. The van der Waals surface area contributed by atoms with Gasteiger partial charge in [-0.15, -0.1) is 0 Å². The molecule has 5 nitrogen and oxygen atoms in total. The van der Waals surface area contributed by atoms with Gasteiger partial charge in [0.25, 0.3) is 0 Å². The quantitative estimate of drug-likeness (QED) is 0.923. The summed E-state index contributed by atoms with van der Waals surface area (Å²) in [6, 6.07) is 8.82. The number of aryl methyl sites for hydroxylation is 2. The molecule has 0 aliphatic heterocycles. The molecule has 102 valence electrons. The zero-order valence-electron chi connectivity index (χ0n) is 11.1. The van der Waals surface area contributed by atoms with Gasteiger partial charge < -0.3 is 14.3 Å². The molecule has 0 bridgehead atoms. The summed E-state index contributed by atoms with van der Waals surface area (Å²) < 4.78 is 10.8. The molecule has 0 aliphatic rings. The predicted octanol–water partition coefficient (Wildman–Crippen LogP) is 3.05. The lowest BCUT2D eigenvalue weighted by molar-refractivity contribution is 0.0657. The normalized spacial score (nSPS) is 10.1. The van der Waals surface area contributed by atoms with E-state index in [0.717, 1.165) is 5.56 Å². The van der Waals surface area contributed by atoms with Gasteiger partial charge in [-0.25, -0.2) is 4.79 Å². The second-order valence-corrected chi connectivity index (χ2v) is 4.41. The molecule has 1 aromatic heterocycles. The highest BCUT2D eigenvalue weighted by molar-refractivity contribution is 5.86. The molecule has 2 aromatic rings. The van der Waals surface area contributed by atoms with Gasteiger partial charge in [0.1, 0.15) is 18.1 Å². The lowest BCUT2D eigenvalue weighted by Gasteiger charge is -2.07. The van der Waals surface area contributed by atoms with Gasteiger partial charge in [-0.1, -0.05) is 6.07 Å². The number of carboxylic acids is 1. The minimum atomic E-state index is -1.10. The van der Waals surface area contributed by atoms with E-state index in [-0.39, 0.29) is 12.4 Å². The highest BCUT2D eigenvalue weighted by atomic mass is 16.5. The van der Waals surface area contributed by atoms with Crippen LogP contribution in [0.4, 0.5) is 0 Å². The third-order valence-electron chi connectivity index (χ3n) is 2.85. The van der Waals surface area contributed by atoms with E-state index in [1.54, 1.807) is 31.2 Å². The summed E-state index contributed by atoms with van der Waals surface area (Å²) in [6.45, 7) is 3.65. The number of benzene rings is 1. The van der Waals surface area contributed by atoms with Crippen molar-refractivity contribution in [2.24, 2.45) is 0 Å². The van der Waals surface area contributed by atoms with Gasteiger partial charge in [-0.2, -0.15) is 5.26 Å². The maximum Gasteiger partial charge on any atom is 0.372 e. The number of aromatic carboxylic acids is 1. The van der Waals surface area contributed by atoms with Gasteiger partial charge in [-0.05, 0) is 37.6 Å². The van der Waals surface area contributed by atoms with Gasteiger partial charge >= 0.3 is 5.97 Å². The fourth-order valence-electron chi connectivity index (χ4n) is 1.81. The summed E-state index contributed by atoms with van der Waals surface area (Å²) in [7, 11) is 0. The maximum absolute atomic E-state index is 10.9. The fourth-order valence-corrected chi connectivity index (χ4v) is 1.81. The molecule has 0 radical (unpaired) electrons. The molecule has 0 aliphatic carbocycles. The second kappa shape index (κ2) is 5.49. The Labute approximate surface area is 116 Å². The van der Waals surface area contributed by atoms with Crippen LogP contribution < -0.4 is 4.74 Å². The Morgan fingerprint density at radius 3 is 2.70 bits per heavy atom. The van der Waals surface area contributed by atoms with E-state index in [1.807, 2.05) is 13.0 Å². The summed E-state index contributed by atoms with van der Waals surface area (Å²) >= 11 is 0. The van der Waals surface area contributed by atoms with Crippen LogP contribution in [0.3, 0.4) is 0 Å². The first-order valence-electron chi connectivity index (χ1n) is 5.97. The largest absolute Gasteiger partial charge is 0.485 e. The maximum atomic E-state index is 10.9. The Bertz CT molecular complexity index is 694. The molecule has 0 spiro atoms. The van der Waals surface area contributed by atoms with Crippen molar-refractivity contribution in [3.05, 3.63) is 52.5 Å². The van der Waals surface area contributed by atoms with Crippen molar-refractivity contribution in [3.63, 3.8) is 0 Å². The van der Waals surface area contributed by atoms with Gasteiger partial charge in [-0.3, -0.25) is 0 Å². The molecule has 0 atom stereocenters. The SMILES string of the molecule is Cc1ccc(C#N)cc1OCc1cc(C)c(C(=O)O)o1. The first kappa shape index (κ1) is 13.7. The number of hydrogen-bond donors (Lipinski definition) is 1. The van der Waals surface area contributed by atoms with Crippen LogP contribution in [0.5, 0.6) is 5.75 Å². The van der Waals surface area contributed by atoms with E-state index < -0.39 is 5.97 Å². The molecule has 0 amide bonds. The van der Waals surface area contributed by atoms with Crippen molar-refractivity contribution >= 4 is 5.97 Å². The van der Waals surface area contributed by atoms with E-state index in [4.69, 9.17) is 19.5 Å². The third kappa shape index (κ3) is 2.81. The van der Waals surface area contributed by atoms with E-state index in [9.17, 15) is 4.79 Å². The van der Waals surface area contributed by atoms with E-state index in [0.29, 0.717) is 22.6 Å². The number of carboxylic acid groups (broad SMARTS) is 1. The average molecular weight is 271 g/mol. The van der Waals surface area contributed by atoms with Crippen LogP contribution in [0.25, 0.3) is 0 Å². The lowest BCUT2D eigenvalue weighted by atomic mass is 10.1. The van der Waals surface area contributed by atoms with Crippen LogP contribution >= 0.6 is 0 Å². The lowest BCUT2D eigenvalue weighted by Crippen LogP contribution is -1.97. The minimum absolute atomic E-state index is 0.0777. The first-order chi connectivity index (χ1) is 9.51. The molecule has 5 heteroatoms. The molecular formula is C15H13NO4. The monoisotopic (exact) mass is 271 g/mol. The van der Waals surface area contributed by atoms with Crippen LogP contribution in [0.2, 0.25) is 0 Å². The smallest absolute Gasteiger partial charge is 0.372 e. The second-order valence-electron chi connectivity index (χ2n) is 4.41. The molecule has 0 unspecified atom stereocenters. The van der Waals surface area contributed by atoms with Crippen LogP contribution in [0, 0.1) is 25.2 Å². The number of nitrogens with zero attached hydrogens (tertiary/aromatic N) is 1. The summed E-state index contributed by atoms with van der Waals surface area (Å²) in [6.07, 6.45) is 0. The van der Waals surface area contributed by atoms with Gasteiger partial charge in [0, 0.05) is 5.56 Å². The van der Waals surface area contributed by atoms with Crippen molar-refractivity contribution in [2.45, 2.75) is 20.5 Å². The van der Waals surface area contributed by atoms with Crippen LogP contribution in [0.1, 0.15) is 33.0 Å². The Morgan fingerprint density at radius 2 is 2.10 bits per heavy atom. The molecule has 0 saturated carbocycles. The molecular weight excluding hydrogens is 258 g/mol. The Balaban J connectivity index is 2.15. The van der Waals surface area contributed by atoms with Crippen LogP contribution in [-0.2, 0) is 6.61 Å². The number of furan rings is 1. The first-order valence-corrected chi connectivity index (χ1v) is 5.97. The van der Waals surface area contributed by atoms with Crippen molar-refractivity contribution in [1.29, 1.82) is 5.26 Å². The van der Waals surface area contributed by atoms with Crippen LogP contribution in [0.15, 0.2) is 28.7 Å². The number of ether oxygens (including phenoxy) is 1. The van der Waals surface area contributed by atoms with E-state index in [1.165, 1.54) is 0 Å². The van der Waals surface area contributed by atoms with Crippen molar-refractivity contribution in [2.75, 3.05) is 0 Å². The van der Waals surface area contributed by atoms with Gasteiger partial charge in [0.2, 0.25) is 5.76 Å². The van der Waals surface area contributed by atoms with Crippen molar-refractivity contribution in [3.8, 4) is 11.8 Å². The molecule has 1 aromatic carbocycles. The molecule has 2 rings (SSSR count). The third-order valence-corrected chi connectivity index (χ3v) is 2.85. The summed E-state index contributed by atoms with van der Waals surface area (Å²) in [5.74, 6) is -0.167. The van der Waals surface area contributed by atoms with Crippen molar-refractivity contribution in [1.82, 2.24) is 0 Å². The zero-order chi connectivity index (χ0) is 14.7. The topological polar surface area (TPSA) is 83.5 Å². The summed E-state index contributed by atoms with van der Waals surface area (Å²) in [4.78, 5) is 10.9. The number of rotatable bonds is 4. The molecule has 0 fully saturated rings. The average Bonchev–Trinajstić information content (AvgIpc) is 2.79. The Morgan fingerprint density at radius 1 is 1.35 bits per heavy atom. The predicted molar refractivity (Wildman–Crippen MR) is 70.6 cm³/mol. The Hall–Kier alpha value is -2.74. The zero-order valence-corrected chi connectivity index (χ0v) is 11.1. The number of hydrogen-bond acceptors (Lipinski definition) is 4. The number of nitriles is 1. The molecule has 1 N–H and O–H groups in total. The molecule has 1 heterocycles. The van der Waals surface area contributed by atoms with Gasteiger partial charge in [0.15, 0.2) is 0 Å².